The predicted molar refractivity (Wildman–Crippen MR) is 99.5 cm³/mol. The van der Waals surface area contributed by atoms with Crippen molar-refractivity contribution in [2.45, 2.75) is 12.8 Å². The SMILES string of the molecule is COC(=O)CCCN(C)C(=O)c1ccccc1C(=O)c1ccc(Cl)cc1. The van der Waals surface area contributed by atoms with Crippen molar-refractivity contribution in [2.24, 2.45) is 0 Å². The van der Waals surface area contributed by atoms with Crippen LogP contribution in [-0.2, 0) is 9.53 Å². The molecule has 26 heavy (non-hydrogen) atoms. The molecular formula is C20H20ClNO4. The van der Waals surface area contributed by atoms with Crippen molar-refractivity contribution < 1.29 is 19.1 Å². The molecule has 0 heterocycles. The minimum absolute atomic E-state index is 0.236. The highest BCUT2D eigenvalue weighted by Gasteiger charge is 2.20. The van der Waals surface area contributed by atoms with E-state index in [4.69, 9.17) is 11.6 Å². The Morgan fingerprint density at radius 1 is 1.00 bits per heavy atom. The molecule has 0 aliphatic rings. The smallest absolute Gasteiger partial charge is 0.305 e. The lowest BCUT2D eigenvalue weighted by molar-refractivity contribution is -0.140. The normalized spacial score (nSPS) is 10.3. The second kappa shape index (κ2) is 9.15. The summed E-state index contributed by atoms with van der Waals surface area (Å²) in [5.41, 5.74) is 1.12. The number of benzene rings is 2. The Hall–Kier alpha value is -2.66. The fourth-order valence-electron chi connectivity index (χ4n) is 2.49. The lowest BCUT2D eigenvalue weighted by Gasteiger charge is -2.18. The molecule has 0 aliphatic heterocycles. The van der Waals surface area contributed by atoms with Gasteiger partial charge in [-0.2, -0.15) is 0 Å². The molecule has 2 rings (SSSR count). The molecule has 0 aromatic heterocycles. The number of methoxy groups -OCH3 is 1. The summed E-state index contributed by atoms with van der Waals surface area (Å²) >= 11 is 5.86. The summed E-state index contributed by atoms with van der Waals surface area (Å²) < 4.78 is 4.59. The Bertz CT molecular complexity index is 802. The molecule has 0 fully saturated rings. The average molecular weight is 374 g/mol. The Morgan fingerprint density at radius 3 is 2.23 bits per heavy atom. The first-order chi connectivity index (χ1) is 12.4. The van der Waals surface area contributed by atoms with Crippen LogP contribution in [0.4, 0.5) is 0 Å². The van der Waals surface area contributed by atoms with Crippen LogP contribution in [-0.4, -0.2) is 43.3 Å². The van der Waals surface area contributed by atoms with E-state index in [-0.39, 0.29) is 24.1 Å². The van der Waals surface area contributed by atoms with Gasteiger partial charge >= 0.3 is 5.97 Å². The summed E-state index contributed by atoms with van der Waals surface area (Å²) in [6.07, 6.45) is 0.724. The molecule has 0 atom stereocenters. The molecule has 5 nitrogen and oxygen atoms in total. The molecule has 0 saturated carbocycles. The highest BCUT2D eigenvalue weighted by molar-refractivity contribution is 6.30. The van der Waals surface area contributed by atoms with Crippen LogP contribution in [0.3, 0.4) is 0 Å². The van der Waals surface area contributed by atoms with Gasteiger partial charge in [0.2, 0.25) is 0 Å². The van der Waals surface area contributed by atoms with Gasteiger partial charge in [0.15, 0.2) is 5.78 Å². The molecule has 6 heteroatoms. The number of esters is 1. The van der Waals surface area contributed by atoms with E-state index in [0.29, 0.717) is 34.7 Å². The topological polar surface area (TPSA) is 63.7 Å². The van der Waals surface area contributed by atoms with Gasteiger partial charge in [-0.1, -0.05) is 29.8 Å². The van der Waals surface area contributed by atoms with Crippen molar-refractivity contribution >= 4 is 29.3 Å². The van der Waals surface area contributed by atoms with E-state index < -0.39 is 0 Å². The maximum atomic E-state index is 12.8. The maximum absolute atomic E-state index is 12.8. The molecule has 0 saturated heterocycles. The van der Waals surface area contributed by atoms with Gasteiger partial charge < -0.3 is 9.64 Å². The molecule has 136 valence electrons. The zero-order chi connectivity index (χ0) is 19.1. The van der Waals surface area contributed by atoms with Crippen molar-refractivity contribution in [3.8, 4) is 0 Å². The molecule has 0 spiro atoms. The molecular weight excluding hydrogens is 354 g/mol. The van der Waals surface area contributed by atoms with Gasteiger partial charge in [0, 0.05) is 36.2 Å². The van der Waals surface area contributed by atoms with Gasteiger partial charge in [0.1, 0.15) is 0 Å². The van der Waals surface area contributed by atoms with E-state index in [9.17, 15) is 14.4 Å². The Morgan fingerprint density at radius 2 is 1.62 bits per heavy atom. The van der Waals surface area contributed by atoms with Crippen LogP contribution in [0.15, 0.2) is 48.5 Å². The Balaban J connectivity index is 2.17. The number of nitrogens with zero attached hydrogens (tertiary/aromatic N) is 1. The summed E-state index contributed by atoms with van der Waals surface area (Å²) in [6.45, 7) is 0.386. The number of hydrogen-bond acceptors (Lipinski definition) is 4. The second-order valence-electron chi connectivity index (χ2n) is 5.79. The first-order valence-electron chi connectivity index (χ1n) is 8.15. The van der Waals surface area contributed by atoms with E-state index in [1.54, 1.807) is 55.6 Å². The molecule has 0 aliphatic carbocycles. The molecule has 0 unspecified atom stereocenters. The first-order valence-corrected chi connectivity index (χ1v) is 8.53. The monoisotopic (exact) mass is 373 g/mol. The van der Waals surface area contributed by atoms with Crippen molar-refractivity contribution in [3.63, 3.8) is 0 Å². The number of carbonyl (C=O) groups is 3. The highest BCUT2D eigenvalue weighted by Crippen LogP contribution is 2.18. The van der Waals surface area contributed by atoms with E-state index in [1.165, 1.54) is 12.0 Å². The highest BCUT2D eigenvalue weighted by atomic mass is 35.5. The molecule has 2 aromatic carbocycles. The van der Waals surface area contributed by atoms with Crippen molar-refractivity contribution in [3.05, 3.63) is 70.2 Å². The summed E-state index contributed by atoms with van der Waals surface area (Å²) in [6, 6.07) is 13.2. The standard InChI is InChI=1S/C20H20ClNO4/c1-22(13-5-8-18(23)26-2)20(25)17-7-4-3-6-16(17)19(24)14-9-11-15(21)12-10-14/h3-4,6-7,9-12H,5,8,13H2,1-2H3. The largest absolute Gasteiger partial charge is 0.469 e. The fraction of sp³-hybridized carbons (Fsp3) is 0.250. The van der Waals surface area contributed by atoms with Crippen molar-refractivity contribution in [1.29, 1.82) is 0 Å². The van der Waals surface area contributed by atoms with E-state index in [1.807, 2.05) is 0 Å². The van der Waals surface area contributed by atoms with Gasteiger partial charge in [-0.15, -0.1) is 0 Å². The van der Waals surface area contributed by atoms with Crippen molar-refractivity contribution in [2.75, 3.05) is 20.7 Å². The number of ketones is 1. The average Bonchev–Trinajstić information content (AvgIpc) is 2.67. The molecule has 0 N–H and O–H groups in total. The summed E-state index contributed by atoms with van der Waals surface area (Å²) in [5, 5.41) is 0.538. The van der Waals surface area contributed by atoms with Crippen LogP contribution < -0.4 is 0 Å². The quantitative estimate of drug-likeness (QED) is 0.549. The molecule has 2 aromatic rings. The van der Waals surface area contributed by atoms with Gasteiger partial charge in [0.05, 0.1) is 12.7 Å². The number of halogens is 1. The van der Waals surface area contributed by atoms with Crippen LogP contribution in [0.2, 0.25) is 5.02 Å². The zero-order valence-corrected chi connectivity index (χ0v) is 15.5. The predicted octanol–water partition coefficient (Wildman–Crippen LogP) is 3.60. The third-order valence-electron chi connectivity index (χ3n) is 3.96. The zero-order valence-electron chi connectivity index (χ0n) is 14.7. The second-order valence-corrected chi connectivity index (χ2v) is 6.22. The molecule has 0 bridgehead atoms. The maximum Gasteiger partial charge on any atom is 0.305 e. The number of amides is 1. The van der Waals surface area contributed by atoms with Crippen LogP contribution in [0.25, 0.3) is 0 Å². The number of carbonyl (C=O) groups excluding carboxylic acids is 3. The third kappa shape index (κ3) is 4.92. The van der Waals surface area contributed by atoms with Crippen LogP contribution in [0.1, 0.15) is 39.1 Å². The lowest BCUT2D eigenvalue weighted by atomic mass is 9.97. The molecule has 0 radical (unpaired) electrons. The minimum atomic E-state index is -0.316. The van der Waals surface area contributed by atoms with Crippen LogP contribution in [0, 0.1) is 0 Å². The van der Waals surface area contributed by atoms with Gasteiger partial charge in [-0.05, 0) is 36.8 Å². The third-order valence-corrected chi connectivity index (χ3v) is 4.21. The lowest BCUT2D eigenvalue weighted by Crippen LogP contribution is -2.29. The van der Waals surface area contributed by atoms with E-state index >= 15 is 0 Å². The molecule has 1 amide bonds. The van der Waals surface area contributed by atoms with E-state index in [0.717, 1.165) is 0 Å². The summed E-state index contributed by atoms with van der Waals surface area (Å²) in [5.74, 6) is -0.828. The minimum Gasteiger partial charge on any atom is -0.469 e. The number of hydrogen-bond donors (Lipinski definition) is 0. The van der Waals surface area contributed by atoms with Gasteiger partial charge in [-0.3, -0.25) is 14.4 Å². The van der Waals surface area contributed by atoms with Crippen LogP contribution >= 0.6 is 11.6 Å². The number of rotatable bonds is 7. The summed E-state index contributed by atoms with van der Waals surface area (Å²) in [4.78, 5) is 38.2. The van der Waals surface area contributed by atoms with Gasteiger partial charge in [-0.25, -0.2) is 0 Å². The van der Waals surface area contributed by atoms with E-state index in [2.05, 4.69) is 4.74 Å². The van der Waals surface area contributed by atoms with Crippen molar-refractivity contribution in [1.82, 2.24) is 4.90 Å². The Kier molecular flexibility index (Phi) is 6.92. The number of ether oxygens (including phenoxy) is 1. The van der Waals surface area contributed by atoms with Gasteiger partial charge in [0.25, 0.3) is 5.91 Å². The Labute approximate surface area is 157 Å². The van der Waals surface area contributed by atoms with Crippen LogP contribution in [0.5, 0.6) is 0 Å². The first kappa shape index (κ1) is 19.7. The fourth-order valence-corrected chi connectivity index (χ4v) is 2.62. The summed E-state index contributed by atoms with van der Waals surface area (Å²) in [7, 11) is 2.97.